The molecule has 1 aliphatic carbocycles. The lowest BCUT2D eigenvalue weighted by atomic mass is 9.81. The summed E-state index contributed by atoms with van der Waals surface area (Å²) in [4.78, 5) is 54.4. The Labute approximate surface area is 278 Å². The average Bonchev–Trinajstić information content (AvgIpc) is 3.55. The van der Waals surface area contributed by atoms with E-state index >= 15 is 0 Å². The molecule has 0 spiro atoms. The molecule has 0 radical (unpaired) electrons. The number of ether oxygens (including phenoxy) is 1. The second-order valence-electron chi connectivity index (χ2n) is 11.9. The van der Waals surface area contributed by atoms with Gasteiger partial charge in [-0.2, -0.15) is 5.10 Å². The third-order valence-corrected chi connectivity index (χ3v) is 8.95. The van der Waals surface area contributed by atoms with Crippen molar-refractivity contribution in [3.8, 4) is 22.5 Å². The Morgan fingerprint density at radius 3 is 2.30 bits per heavy atom. The number of carbonyl (C=O) groups excluding carboxylic acids is 2. The van der Waals surface area contributed by atoms with Gasteiger partial charge in [0.2, 0.25) is 17.8 Å². The SMILES string of the molecule is Cl.NC[C@H]1CC[C@H](C(=O)N(c2ccc(-c3n[nH]c(=O)[nH]3)cc2)[C@@H](Cc2cccc(-c3cnc(N4CCOCC4)nc3)c2)C(N)=O)CC1. The summed E-state index contributed by atoms with van der Waals surface area (Å²) in [5.74, 6) is 0.447. The van der Waals surface area contributed by atoms with E-state index in [1.165, 1.54) is 0 Å². The molecule has 1 saturated heterocycles. The highest BCUT2D eigenvalue weighted by Crippen LogP contribution is 2.33. The van der Waals surface area contributed by atoms with Crippen molar-refractivity contribution in [2.45, 2.75) is 38.1 Å². The first-order chi connectivity index (χ1) is 22.4. The van der Waals surface area contributed by atoms with Crippen molar-refractivity contribution in [2.24, 2.45) is 23.3 Å². The van der Waals surface area contributed by atoms with Crippen LogP contribution < -0.4 is 27.0 Å². The largest absolute Gasteiger partial charge is 0.378 e. The molecular weight excluding hydrogens is 622 g/mol. The van der Waals surface area contributed by atoms with Crippen LogP contribution in [0.2, 0.25) is 0 Å². The van der Waals surface area contributed by atoms with E-state index in [1.807, 2.05) is 24.3 Å². The van der Waals surface area contributed by atoms with E-state index in [4.69, 9.17) is 16.2 Å². The van der Waals surface area contributed by atoms with Gasteiger partial charge in [-0.3, -0.25) is 19.5 Å². The summed E-state index contributed by atoms with van der Waals surface area (Å²) < 4.78 is 5.43. The van der Waals surface area contributed by atoms with Crippen LogP contribution in [0.1, 0.15) is 31.2 Å². The zero-order valence-corrected chi connectivity index (χ0v) is 26.8. The van der Waals surface area contributed by atoms with Gasteiger partial charge in [0.15, 0.2) is 5.82 Å². The Hall–Kier alpha value is -4.59. The fourth-order valence-electron chi connectivity index (χ4n) is 6.31. The average molecular weight is 662 g/mol. The van der Waals surface area contributed by atoms with Gasteiger partial charge in [0.25, 0.3) is 0 Å². The number of aromatic amines is 2. The van der Waals surface area contributed by atoms with Gasteiger partial charge in [0.05, 0.1) is 13.2 Å². The normalized spacial score (nSPS) is 18.6. The summed E-state index contributed by atoms with van der Waals surface area (Å²) in [7, 11) is 0. The number of aromatic nitrogens is 5. The number of benzene rings is 2. The number of nitrogens with zero attached hydrogens (tertiary/aromatic N) is 5. The molecule has 0 bridgehead atoms. The minimum atomic E-state index is -0.939. The highest BCUT2D eigenvalue weighted by Gasteiger charge is 2.36. The number of H-pyrrole nitrogens is 2. The summed E-state index contributed by atoms with van der Waals surface area (Å²) >= 11 is 0. The van der Waals surface area contributed by atoms with Crippen LogP contribution in [0.4, 0.5) is 11.6 Å². The van der Waals surface area contributed by atoms with Crippen LogP contribution >= 0.6 is 12.4 Å². The molecule has 4 aromatic rings. The van der Waals surface area contributed by atoms with Crippen molar-refractivity contribution in [1.29, 1.82) is 0 Å². The molecule has 2 aromatic carbocycles. The monoisotopic (exact) mass is 661 g/mol. The standard InChI is InChI=1S/C33H39N9O4.ClH/c34-18-21-4-6-24(7-5-21)31(44)42(27-10-8-23(9-11-27)30-38-33(45)40-39-30)28(29(35)43)17-22-2-1-3-25(16-22)26-19-36-32(37-20-26)41-12-14-46-15-13-41;/h1-3,8-11,16,19-21,24,28H,4-7,12-15,17-18,34H2,(H2,35,43)(H2,38,39,40,45);1H/t21-,24-,28-;/m0./s1. The topological polar surface area (TPSA) is 189 Å². The lowest BCUT2D eigenvalue weighted by Gasteiger charge is -2.35. The van der Waals surface area contributed by atoms with Gasteiger partial charge in [-0.05, 0) is 73.5 Å². The van der Waals surface area contributed by atoms with Gasteiger partial charge in [0.1, 0.15) is 6.04 Å². The van der Waals surface area contributed by atoms with E-state index in [-0.39, 0.29) is 30.7 Å². The summed E-state index contributed by atoms with van der Waals surface area (Å²) in [5.41, 5.74) is 15.3. The molecule has 14 heteroatoms. The maximum Gasteiger partial charge on any atom is 0.340 e. The summed E-state index contributed by atoms with van der Waals surface area (Å²) in [6.07, 6.45) is 6.93. The molecule has 47 heavy (non-hydrogen) atoms. The van der Waals surface area contributed by atoms with Crippen molar-refractivity contribution in [3.63, 3.8) is 0 Å². The number of amides is 2. The Morgan fingerprint density at radius 2 is 1.68 bits per heavy atom. The molecule has 13 nitrogen and oxygen atoms in total. The first-order valence-corrected chi connectivity index (χ1v) is 15.7. The molecule has 248 valence electrons. The van der Waals surface area contributed by atoms with Gasteiger partial charge in [0, 0.05) is 54.6 Å². The molecule has 6 rings (SSSR count). The van der Waals surface area contributed by atoms with E-state index < -0.39 is 17.6 Å². The van der Waals surface area contributed by atoms with E-state index in [0.29, 0.717) is 61.5 Å². The quantitative estimate of drug-likeness (QED) is 0.198. The highest BCUT2D eigenvalue weighted by molar-refractivity contribution is 6.01. The minimum absolute atomic E-state index is 0. The maximum absolute atomic E-state index is 14.2. The fourth-order valence-corrected chi connectivity index (χ4v) is 6.31. The predicted molar refractivity (Wildman–Crippen MR) is 181 cm³/mol. The maximum atomic E-state index is 14.2. The molecule has 2 aromatic heterocycles. The number of morpholine rings is 1. The van der Waals surface area contributed by atoms with E-state index in [0.717, 1.165) is 42.6 Å². The summed E-state index contributed by atoms with van der Waals surface area (Å²) in [6, 6.07) is 13.9. The molecular formula is C33H40ClN9O4. The molecule has 1 saturated carbocycles. The van der Waals surface area contributed by atoms with E-state index in [9.17, 15) is 14.4 Å². The fraction of sp³-hybridized carbons (Fsp3) is 0.394. The van der Waals surface area contributed by atoms with Gasteiger partial charge in [-0.25, -0.2) is 19.9 Å². The number of hydrogen-bond acceptors (Lipinski definition) is 9. The summed E-state index contributed by atoms with van der Waals surface area (Å²) in [6.45, 7) is 3.40. The smallest absolute Gasteiger partial charge is 0.340 e. The Morgan fingerprint density at radius 1 is 0.979 bits per heavy atom. The van der Waals surface area contributed by atoms with Crippen LogP contribution in [-0.4, -0.2) is 75.9 Å². The number of primary amides is 1. The number of hydrogen-bond donors (Lipinski definition) is 4. The number of rotatable bonds is 10. The van der Waals surface area contributed by atoms with Crippen molar-refractivity contribution in [1.82, 2.24) is 25.1 Å². The Bertz CT molecular complexity index is 1700. The number of carbonyl (C=O) groups is 2. The molecule has 2 aliphatic rings. The van der Waals surface area contributed by atoms with Gasteiger partial charge < -0.3 is 21.1 Å². The molecule has 1 atom stereocenters. The van der Waals surface area contributed by atoms with E-state index in [2.05, 4.69) is 30.0 Å². The number of nitrogens with two attached hydrogens (primary N) is 2. The molecule has 2 amide bonds. The van der Waals surface area contributed by atoms with Crippen molar-refractivity contribution in [2.75, 3.05) is 42.6 Å². The van der Waals surface area contributed by atoms with E-state index in [1.54, 1.807) is 41.6 Å². The van der Waals surface area contributed by atoms with Crippen LogP contribution in [0.3, 0.4) is 0 Å². The zero-order valence-electron chi connectivity index (χ0n) is 26.0. The minimum Gasteiger partial charge on any atom is -0.378 e. The molecule has 6 N–H and O–H groups in total. The third-order valence-electron chi connectivity index (χ3n) is 8.95. The lowest BCUT2D eigenvalue weighted by Crippen LogP contribution is -2.52. The molecule has 2 fully saturated rings. The predicted octanol–water partition coefficient (Wildman–Crippen LogP) is 2.68. The van der Waals surface area contributed by atoms with Crippen LogP contribution in [0.15, 0.2) is 65.7 Å². The Kier molecular flexibility index (Phi) is 11.0. The number of nitrogens with one attached hydrogen (secondary N) is 2. The Balaban J connectivity index is 0.00000433. The second kappa shape index (κ2) is 15.3. The number of halogens is 1. The van der Waals surface area contributed by atoms with Crippen LogP contribution in [0.25, 0.3) is 22.5 Å². The zero-order chi connectivity index (χ0) is 32.0. The molecule has 3 heterocycles. The van der Waals surface area contributed by atoms with Crippen molar-refractivity contribution >= 4 is 35.9 Å². The summed E-state index contributed by atoms with van der Waals surface area (Å²) in [5, 5.41) is 6.35. The van der Waals surface area contributed by atoms with Gasteiger partial charge in [-0.15, -0.1) is 12.4 Å². The van der Waals surface area contributed by atoms with Crippen molar-refractivity contribution in [3.05, 3.63) is 77.0 Å². The van der Waals surface area contributed by atoms with Crippen LogP contribution in [0, 0.1) is 11.8 Å². The van der Waals surface area contributed by atoms with Gasteiger partial charge >= 0.3 is 5.69 Å². The number of anilines is 2. The second-order valence-corrected chi connectivity index (χ2v) is 11.9. The first kappa shape index (κ1) is 33.8. The van der Waals surface area contributed by atoms with Gasteiger partial charge in [-0.1, -0.05) is 24.3 Å². The highest BCUT2D eigenvalue weighted by atomic mass is 35.5. The lowest BCUT2D eigenvalue weighted by molar-refractivity contribution is -0.127. The van der Waals surface area contributed by atoms with Crippen molar-refractivity contribution < 1.29 is 14.3 Å². The first-order valence-electron chi connectivity index (χ1n) is 15.7. The molecule has 0 unspecified atom stereocenters. The molecule has 1 aliphatic heterocycles. The van der Waals surface area contributed by atoms with Crippen LogP contribution in [-0.2, 0) is 20.7 Å². The third kappa shape index (κ3) is 7.87. The van der Waals surface area contributed by atoms with Crippen LogP contribution in [0.5, 0.6) is 0 Å².